The van der Waals surface area contributed by atoms with Crippen molar-refractivity contribution >= 4 is 0 Å². The summed E-state index contributed by atoms with van der Waals surface area (Å²) in [6.45, 7) is 1.83. The molecule has 0 aliphatic carbocycles. The lowest BCUT2D eigenvalue weighted by atomic mass is 9.76. The Labute approximate surface area is 142 Å². The summed E-state index contributed by atoms with van der Waals surface area (Å²) in [5.41, 5.74) is 1.51. The van der Waals surface area contributed by atoms with E-state index in [0.717, 1.165) is 22.6 Å². The van der Waals surface area contributed by atoms with Crippen molar-refractivity contribution in [2.45, 2.75) is 18.4 Å². The molecule has 2 atom stereocenters. The van der Waals surface area contributed by atoms with Gasteiger partial charge in [0.25, 0.3) is 0 Å². The van der Waals surface area contributed by atoms with Gasteiger partial charge in [-0.05, 0) is 42.3 Å². The lowest BCUT2D eigenvalue weighted by Gasteiger charge is -2.33. The number of hydrogen-bond acceptors (Lipinski definition) is 3. The van der Waals surface area contributed by atoms with Crippen LogP contribution in [0, 0.1) is 0 Å². The molecule has 0 saturated carbocycles. The second-order valence-corrected chi connectivity index (χ2v) is 5.98. The Bertz CT molecular complexity index is 746. The van der Waals surface area contributed by atoms with Gasteiger partial charge in [-0.25, -0.2) is 0 Å². The van der Waals surface area contributed by atoms with E-state index in [1.54, 1.807) is 13.3 Å². The number of ether oxygens (including phenoxy) is 1. The zero-order valence-electron chi connectivity index (χ0n) is 13.9. The predicted octanol–water partition coefficient (Wildman–Crippen LogP) is 4.13. The van der Waals surface area contributed by atoms with Crippen LogP contribution in [0.4, 0.5) is 0 Å². The van der Waals surface area contributed by atoms with Gasteiger partial charge in [-0.3, -0.25) is 4.98 Å². The van der Waals surface area contributed by atoms with Gasteiger partial charge in [0, 0.05) is 6.20 Å². The van der Waals surface area contributed by atoms with E-state index in [2.05, 4.69) is 4.98 Å². The summed E-state index contributed by atoms with van der Waals surface area (Å²) in [4.78, 5) is 4.50. The largest absolute Gasteiger partial charge is 0.497 e. The highest BCUT2D eigenvalue weighted by Crippen LogP contribution is 2.41. The zero-order chi connectivity index (χ0) is 17.0. The molecule has 0 saturated heterocycles. The van der Waals surface area contributed by atoms with E-state index < -0.39 is 5.60 Å². The fourth-order valence-electron chi connectivity index (χ4n) is 3.08. The van der Waals surface area contributed by atoms with E-state index in [1.165, 1.54) is 0 Å². The number of nitrogens with zero attached hydrogens (tertiary/aromatic N) is 1. The number of hydrogen-bond donors (Lipinski definition) is 1. The fraction of sp³-hybridized carbons (Fsp3) is 0.190. The maximum absolute atomic E-state index is 11.5. The number of aromatic nitrogens is 1. The van der Waals surface area contributed by atoms with Crippen LogP contribution < -0.4 is 4.74 Å². The van der Waals surface area contributed by atoms with E-state index >= 15 is 0 Å². The van der Waals surface area contributed by atoms with E-state index in [4.69, 9.17) is 4.74 Å². The van der Waals surface area contributed by atoms with Gasteiger partial charge in [-0.2, -0.15) is 0 Å². The Kier molecular flexibility index (Phi) is 4.63. The first kappa shape index (κ1) is 16.2. The van der Waals surface area contributed by atoms with Crippen molar-refractivity contribution in [1.82, 2.24) is 4.98 Å². The van der Waals surface area contributed by atoms with Crippen LogP contribution in [0.1, 0.15) is 29.7 Å². The van der Waals surface area contributed by atoms with Crippen LogP contribution in [0.15, 0.2) is 79.0 Å². The number of benzene rings is 2. The summed E-state index contributed by atoms with van der Waals surface area (Å²) in [5.74, 6) is 0.438. The highest BCUT2D eigenvalue weighted by Gasteiger charge is 2.37. The average Bonchev–Trinajstić information content (AvgIpc) is 2.63. The minimum absolute atomic E-state index is 0.285. The third kappa shape index (κ3) is 3.17. The molecule has 0 fully saturated rings. The fourth-order valence-corrected chi connectivity index (χ4v) is 3.08. The van der Waals surface area contributed by atoms with Crippen LogP contribution >= 0.6 is 0 Å². The SMILES string of the molecule is COc1cccc([C@@](C)(O)[C@H](c2ccccc2)c2ccccn2)c1. The summed E-state index contributed by atoms with van der Waals surface area (Å²) >= 11 is 0. The average molecular weight is 319 g/mol. The van der Waals surface area contributed by atoms with Crippen LogP contribution in [0.3, 0.4) is 0 Å². The molecule has 1 N–H and O–H groups in total. The molecule has 1 aromatic heterocycles. The second kappa shape index (κ2) is 6.85. The Morgan fingerprint density at radius 2 is 1.71 bits per heavy atom. The van der Waals surface area contributed by atoms with Crippen molar-refractivity contribution in [3.63, 3.8) is 0 Å². The van der Waals surface area contributed by atoms with Gasteiger partial charge >= 0.3 is 0 Å². The first-order chi connectivity index (χ1) is 11.6. The molecule has 24 heavy (non-hydrogen) atoms. The summed E-state index contributed by atoms with van der Waals surface area (Å²) in [7, 11) is 1.63. The molecule has 0 bridgehead atoms. The van der Waals surface area contributed by atoms with Gasteiger partial charge in [0.2, 0.25) is 0 Å². The zero-order valence-corrected chi connectivity index (χ0v) is 13.9. The lowest BCUT2D eigenvalue weighted by Crippen LogP contribution is -2.31. The molecule has 3 nitrogen and oxygen atoms in total. The number of methoxy groups -OCH3 is 1. The standard InChI is InChI=1S/C21H21NO2/c1-21(23,17-11-8-12-18(15-17)24-2)20(16-9-4-3-5-10-16)19-13-6-7-14-22-19/h3-15,20,23H,1-2H3/t20-,21-/m1/s1. The van der Waals surface area contributed by atoms with Crippen LogP contribution in [0.5, 0.6) is 5.75 Å². The monoisotopic (exact) mass is 319 g/mol. The van der Waals surface area contributed by atoms with E-state index in [1.807, 2.05) is 79.7 Å². The minimum atomic E-state index is -1.13. The first-order valence-corrected chi connectivity index (χ1v) is 7.95. The van der Waals surface area contributed by atoms with Gasteiger partial charge in [0.1, 0.15) is 5.75 Å². The van der Waals surface area contributed by atoms with Crippen molar-refractivity contribution in [1.29, 1.82) is 0 Å². The highest BCUT2D eigenvalue weighted by molar-refractivity contribution is 5.40. The van der Waals surface area contributed by atoms with Crippen molar-refractivity contribution in [2.24, 2.45) is 0 Å². The third-order valence-electron chi connectivity index (χ3n) is 4.33. The topological polar surface area (TPSA) is 42.4 Å². The molecular formula is C21H21NO2. The minimum Gasteiger partial charge on any atom is -0.497 e. The van der Waals surface area contributed by atoms with Crippen molar-refractivity contribution in [2.75, 3.05) is 7.11 Å². The molecule has 3 heteroatoms. The molecular weight excluding hydrogens is 298 g/mol. The number of aliphatic hydroxyl groups is 1. The molecule has 122 valence electrons. The summed E-state index contributed by atoms with van der Waals surface area (Å²) in [6, 6.07) is 23.3. The van der Waals surface area contributed by atoms with Crippen molar-refractivity contribution < 1.29 is 9.84 Å². The normalized spacial score (nSPS) is 14.6. The Morgan fingerprint density at radius 1 is 0.958 bits per heavy atom. The van der Waals surface area contributed by atoms with Crippen molar-refractivity contribution in [3.8, 4) is 5.75 Å². The summed E-state index contributed by atoms with van der Waals surface area (Å²) in [6.07, 6.45) is 1.76. The maximum Gasteiger partial charge on any atom is 0.119 e. The second-order valence-electron chi connectivity index (χ2n) is 5.98. The van der Waals surface area contributed by atoms with Gasteiger partial charge in [0.05, 0.1) is 24.3 Å². The number of rotatable bonds is 5. The van der Waals surface area contributed by atoms with Crippen LogP contribution in [0.2, 0.25) is 0 Å². The van der Waals surface area contributed by atoms with Crippen molar-refractivity contribution in [3.05, 3.63) is 95.8 Å². The molecule has 0 amide bonds. The van der Waals surface area contributed by atoms with E-state index in [9.17, 15) is 5.11 Å². The first-order valence-electron chi connectivity index (χ1n) is 7.95. The Morgan fingerprint density at radius 3 is 2.38 bits per heavy atom. The summed E-state index contributed by atoms with van der Waals surface area (Å²) in [5, 5.41) is 11.5. The van der Waals surface area contributed by atoms with E-state index in [0.29, 0.717) is 0 Å². The van der Waals surface area contributed by atoms with Gasteiger partial charge < -0.3 is 9.84 Å². The van der Waals surface area contributed by atoms with Gasteiger partial charge in [-0.1, -0.05) is 48.5 Å². The Balaban J connectivity index is 2.13. The highest BCUT2D eigenvalue weighted by atomic mass is 16.5. The molecule has 0 aliphatic heterocycles. The Hall–Kier alpha value is -2.65. The molecule has 0 aliphatic rings. The van der Waals surface area contributed by atoms with Gasteiger partial charge in [-0.15, -0.1) is 0 Å². The molecule has 2 aromatic carbocycles. The molecule has 0 spiro atoms. The lowest BCUT2D eigenvalue weighted by molar-refractivity contribution is 0.0378. The molecule has 0 unspecified atom stereocenters. The van der Waals surface area contributed by atoms with Gasteiger partial charge in [0.15, 0.2) is 0 Å². The predicted molar refractivity (Wildman–Crippen MR) is 95.1 cm³/mol. The number of pyridine rings is 1. The maximum atomic E-state index is 11.5. The quantitative estimate of drug-likeness (QED) is 0.769. The molecule has 3 aromatic rings. The van der Waals surface area contributed by atoms with Crippen LogP contribution in [0.25, 0.3) is 0 Å². The molecule has 0 radical (unpaired) electrons. The van der Waals surface area contributed by atoms with Crippen LogP contribution in [-0.4, -0.2) is 17.2 Å². The van der Waals surface area contributed by atoms with Crippen LogP contribution in [-0.2, 0) is 5.60 Å². The smallest absolute Gasteiger partial charge is 0.119 e. The molecule has 1 heterocycles. The summed E-state index contributed by atoms with van der Waals surface area (Å²) < 4.78 is 5.31. The van der Waals surface area contributed by atoms with E-state index in [-0.39, 0.29) is 5.92 Å². The third-order valence-corrected chi connectivity index (χ3v) is 4.33. The molecule has 3 rings (SSSR count).